The quantitative estimate of drug-likeness (QED) is 0.550. The van der Waals surface area contributed by atoms with Gasteiger partial charge in [-0.15, -0.1) is 0 Å². The predicted molar refractivity (Wildman–Crippen MR) is 125 cm³/mol. The van der Waals surface area contributed by atoms with Crippen LogP contribution in [0.3, 0.4) is 0 Å². The first kappa shape index (κ1) is 22.5. The topological polar surface area (TPSA) is 75.5 Å². The van der Waals surface area contributed by atoms with E-state index in [-0.39, 0.29) is 16.8 Å². The second-order valence-corrected chi connectivity index (χ2v) is 10.7. The Balaban J connectivity index is 1.46. The molecule has 8 heteroatoms. The van der Waals surface area contributed by atoms with E-state index in [0.717, 1.165) is 37.1 Å². The fourth-order valence-electron chi connectivity index (χ4n) is 4.45. The van der Waals surface area contributed by atoms with E-state index in [0.29, 0.717) is 18.4 Å². The van der Waals surface area contributed by atoms with Crippen molar-refractivity contribution < 1.29 is 13.2 Å². The maximum atomic E-state index is 13.0. The van der Waals surface area contributed by atoms with Gasteiger partial charge in [0, 0.05) is 46.6 Å². The number of benzene rings is 2. The van der Waals surface area contributed by atoms with E-state index in [1.165, 1.54) is 24.0 Å². The lowest BCUT2D eigenvalue weighted by Gasteiger charge is -2.25. The summed E-state index contributed by atoms with van der Waals surface area (Å²) in [6, 6.07) is 15.6. The average molecular weight is 455 g/mol. The van der Waals surface area contributed by atoms with Crippen molar-refractivity contribution in [2.75, 3.05) is 20.6 Å². The lowest BCUT2D eigenvalue weighted by atomic mass is 10.0. The van der Waals surface area contributed by atoms with Crippen molar-refractivity contribution in [3.8, 4) is 0 Å². The number of aromatic nitrogens is 2. The van der Waals surface area contributed by atoms with Gasteiger partial charge < -0.3 is 9.47 Å². The molecule has 1 fully saturated rings. The first-order valence-corrected chi connectivity index (χ1v) is 12.4. The van der Waals surface area contributed by atoms with Crippen molar-refractivity contribution in [2.45, 2.75) is 43.0 Å². The minimum absolute atomic E-state index is 0.159. The standard InChI is InChI=1S/C24H30N4O3S/c1-26(2)32(30,31)20-11-12-22-21(17-20)25-23(27(22)3)13-14-24(29)28-15-7-10-19(28)16-18-8-5-4-6-9-18/h4-6,8-9,11-12,17,19H,7,10,13-16H2,1-3H3. The molecule has 2 aromatic carbocycles. The number of likely N-dealkylation sites (tertiary alicyclic amines) is 1. The van der Waals surface area contributed by atoms with Crippen molar-refractivity contribution in [1.82, 2.24) is 18.8 Å². The van der Waals surface area contributed by atoms with Gasteiger partial charge in [0.25, 0.3) is 0 Å². The fraction of sp³-hybridized carbons (Fsp3) is 0.417. The fourth-order valence-corrected chi connectivity index (χ4v) is 5.37. The highest BCUT2D eigenvalue weighted by molar-refractivity contribution is 7.89. The summed E-state index contributed by atoms with van der Waals surface area (Å²) in [5.74, 6) is 0.943. The lowest BCUT2D eigenvalue weighted by molar-refractivity contribution is -0.132. The summed E-state index contributed by atoms with van der Waals surface area (Å²) in [6.45, 7) is 0.810. The van der Waals surface area contributed by atoms with Gasteiger partial charge >= 0.3 is 0 Å². The van der Waals surface area contributed by atoms with Gasteiger partial charge in [0.05, 0.1) is 15.9 Å². The van der Waals surface area contributed by atoms with Gasteiger partial charge in [0.2, 0.25) is 15.9 Å². The minimum atomic E-state index is -3.52. The maximum Gasteiger partial charge on any atom is 0.242 e. The highest BCUT2D eigenvalue weighted by Gasteiger charge is 2.28. The van der Waals surface area contributed by atoms with E-state index >= 15 is 0 Å². The van der Waals surface area contributed by atoms with E-state index in [9.17, 15) is 13.2 Å². The highest BCUT2D eigenvalue weighted by atomic mass is 32.2. The summed E-state index contributed by atoms with van der Waals surface area (Å²) in [5, 5.41) is 0. The molecule has 1 atom stereocenters. The van der Waals surface area contributed by atoms with Gasteiger partial charge in [-0.05, 0) is 43.0 Å². The molecule has 1 unspecified atom stereocenters. The van der Waals surface area contributed by atoms with Gasteiger partial charge in [-0.1, -0.05) is 30.3 Å². The summed E-state index contributed by atoms with van der Waals surface area (Å²) < 4.78 is 28.0. The molecule has 0 radical (unpaired) electrons. The Morgan fingerprint density at radius 3 is 2.62 bits per heavy atom. The van der Waals surface area contributed by atoms with Crippen LogP contribution in [0.4, 0.5) is 0 Å². The zero-order chi connectivity index (χ0) is 22.9. The molecule has 2 heterocycles. The molecular formula is C24H30N4O3S. The van der Waals surface area contributed by atoms with Crippen LogP contribution in [0.25, 0.3) is 11.0 Å². The molecule has 1 saturated heterocycles. The normalized spacial score (nSPS) is 16.9. The highest BCUT2D eigenvalue weighted by Crippen LogP contribution is 2.24. The molecule has 7 nitrogen and oxygen atoms in total. The number of carbonyl (C=O) groups is 1. The molecule has 1 aromatic heterocycles. The third-order valence-electron chi connectivity index (χ3n) is 6.30. The number of imidazole rings is 1. The molecule has 3 aromatic rings. The van der Waals surface area contributed by atoms with E-state index in [1.54, 1.807) is 18.2 Å². The average Bonchev–Trinajstić information content (AvgIpc) is 3.36. The molecule has 0 bridgehead atoms. The second kappa shape index (κ2) is 9.03. The summed E-state index contributed by atoms with van der Waals surface area (Å²) >= 11 is 0. The largest absolute Gasteiger partial charge is 0.339 e. The predicted octanol–water partition coefficient (Wildman–Crippen LogP) is 2.99. The van der Waals surface area contributed by atoms with E-state index < -0.39 is 10.0 Å². The van der Waals surface area contributed by atoms with Gasteiger partial charge in [0.1, 0.15) is 5.82 Å². The van der Waals surface area contributed by atoms with Crippen LogP contribution in [0.1, 0.15) is 30.7 Å². The van der Waals surface area contributed by atoms with Crippen molar-refractivity contribution >= 4 is 27.0 Å². The van der Waals surface area contributed by atoms with Gasteiger partial charge in [-0.3, -0.25) is 4.79 Å². The molecule has 0 spiro atoms. The van der Waals surface area contributed by atoms with Crippen LogP contribution in [-0.4, -0.2) is 59.8 Å². The molecule has 4 rings (SSSR count). The van der Waals surface area contributed by atoms with Crippen molar-refractivity contribution in [3.63, 3.8) is 0 Å². The number of aryl methyl sites for hydroxylation is 2. The Kier molecular flexibility index (Phi) is 6.35. The molecule has 1 amide bonds. The van der Waals surface area contributed by atoms with Crippen LogP contribution in [0.2, 0.25) is 0 Å². The summed E-state index contributed by atoms with van der Waals surface area (Å²) in [7, 11) is 1.41. The van der Waals surface area contributed by atoms with Crippen LogP contribution in [0.5, 0.6) is 0 Å². The first-order valence-electron chi connectivity index (χ1n) is 11.0. The number of carbonyl (C=O) groups excluding carboxylic acids is 1. The van der Waals surface area contributed by atoms with Crippen LogP contribution in [-0.2, 0) is 34.7 Å². The van der Waals surface area contributed by atoms with Crippen molar-refractivity contribution in [3.05, 3.63) is 59.9 Å². The Hall–Kier alpha value is -2.71. The van der Waals surface area contributed by atoms with Crippen molar-refractivity contribution in [1.29, 1.82) is 0 Å². The van der Waals surface area contributed by atoms with Crippen LogP contribution < -0.4 is 0 Å². The number of hydrogen-bond acceptors (Lipinski definition) is 4. The third-order valence-corrected chi connectivity index (χ3v) is 8.11. The molecule has 0 aliphatic carbocycles. The molecular weight excluding hydrogens is 424 g/mol. The molecule has 32 heavy (non-hydrogen) atoms. The van der Waals surface area contributed by atoms with Gasteiger partial charge in [0.15, 0.2) is 0 Å². The SMILES string of the molecule is CN(C)S(=O)(=O)c1ccc2c(c1)nc(CCC(=O)N1CCCC1Cc1ccccc1)n2C. The molecule has 1 aliphatic rings. The molecule has 0 saturated carbocycles. The summed E-state index contributed by atoms with van der Waals surface area (Å²) in [6.07, 6.45) is 3.89. The number of nitrogens with zero attached hydrogens (tertiary/aromatic N) is 4. The van der Waals surface area contributed by atoms with E-state index in [4.69, 9.17) is 0 Å². The van der Waals surface area contributed by atoms with Crippen LogP contribution >= 0.6 is 0 Å². The Bertz CT molecular complexity index is 1220. The first-order chi connectivity index (χ1) is 15.3. The number of fused-ring (bicyclic) bond motifs is 1. The molecule has 0 N–H and O–H groups in total. The second-order valence-electron chi connectivity index (χ2n) is 8.60. The Morgan fingerprint density at radius 2 is 1.91 bits per heavy atom. The van der Waals surface area contributed by atoms with E-state index in [2.05, 4.69) is 17.1 Å². The molecule has 1 aliphatic heterocycles. The summed E-state index contributed by atoms with van der Waals surface area (Å²) in [5.41, 5.74) is 2.74. The lowest BCUT2D eigenvalue weighted by Crippen LogP contribution is -2.37. The van der Waals surface area contributed by atoms with Gasteiger partial charge in [-0.2, -0.15) is 0 Å². The number of amides is 1. The zero-order valence-electron chi connectivity index (χ0n) is 18.9. The van der Waals surface area contributed by atoms with Gasteiger partial charge in [-0.25, -0.2) is 17.7 Å². The zero-order valence-corrected chi connectivity index (χ0v) is 19.7. The van der Waals surface area contributed by atoms with Crippen molar-refractivity contribution in [2.24, 2.45) is 7.05 Å². The number of sulfonamides is 1. The molecule has 170 valence electrons. The Morgan fingerprint density at radius 1 is 1.16 bits per heavy atom. The number of rotatable bonds is 7. The smallest absolute Gasteiger partial charge is 0.242 e. The number of hydrogen-bond donors (Lipinski definition) is 0. The van der Waals surface area contributed by atoms with Crippen LogP contribution in [0.15, 0.2) is 53.4 Å². The van der Waals surface area contributed by atoms with E-state index in [1.807, 2.05) is 34.7 Å². The maximum absolute atomic E-state index is 13.0. The Labute approximate surface area is 189 Å². The monoisotopic (exact) mass is 454 g/mol. The third kappa shape index (κ3) is 4.42. The summed E-state index contributed by atoms with van der Waals surface area (Å²) in [4.78, 5) is 19.9. The minimum Gasteiger partial charge on any atom is -0.339 e. The van der Waals surface area contributed by atoms with Crippen LogP contribution in [0, 0.1) is 0 Å².